The van der Waals surface area contributed by atoms with Crippen molar-refractivity contribution in [1.29, 1.82) is 0 Å². The molecule has 104 valence electrons. The van der Waals surface area contributed by atoms with E-state index in [2.05, 4.69) is 39.7 Å². The standard InChI is InChI=1S/C15H21IN2O/c1-2-14(18-9-3-4-10-18)11-17-15(19)12-5-7-13(16)8-6-12/h5-8,14H,2-4,9-11H2,1H3,(H,17,19)/t14-/m0/s1. The number of amides is 1. The molecule has 0 saturated carbocycles. The third-order valence-electron chi connectivity index (χ3n) is 3.73. The summed E-state index contributed by atoms with van der Waals surface area (Å²) in [5.74, 6) is 0.0362. The van der Waals surface area contributed by atoms with E-state index in [9.17, 15) is 4.79 Å². The van der Waals surface area contributed by atoms with Crippen molar-refractivity contribution >= 4 is 28.5 Å². The van der Waals surface area contributed by atoms with Gasteiger partial charge >= 0.3 is 0 Å². The number of hydrogen-bond acceptors (Lipinski definition) is 2. The van der Waals surface area contributed by atoms with Gasteiger partial charge in [-0.15, -0.1) is 0 Å². The molecule has 1 aromatic carbocycles. The summed E-state index contributed by atoms with van der Waals surface area (Å²) in [4.78, 5) is 14.6. The Morgan fingerprint density at radius 3 is 2.53 bits per heavy atom. The Hall–Kier alpha value is -0.620. The van der Waals surface area contributed by atoms with Gasteiger partial charge in [-0.2, -0.15) is 0 Å². The topological polar surface area (TPSA) is 32.3 Å². The molecule has 0 aliphatic carbocycles. The molecular formula is C15H21IN2O. The number of nitrogens with one attached hydrogen (secondary N) is 1. The molecule has 1 fully saturated rings. The van der Waals surface area contributed by atoms with Gasteiger partial charge in [0.15, 0.2) is 0 Å². The fourth-order valence-electron chi connectivity index (χ4n) is 2.55. The second-order valence-corrected chi connectivity index (χ2v) is 6.27. The number of carbonyl (C=O) groups excluding carboxylic acids is 1. The zero-order valence-corrected chi connectivity index (χ0v) is 13.5. The molecule has 1 aliphatic rings. The lowest BCUT2D eigenvalue weighted by molar-refractivity contribution is 0.0937. The Morgan fingerprint density at radius 2 is 1.95 bits per heavy atom. The Kier molecular flexibility index (Phi) is 5.63. The highest BCUT2D eigenvalue weighted by Gasteiger charge is 2.20. The van der Waals surface area contributed by atoms with Crippen LogP contribution in [0, 0.1) is 3.57 Å². The van der Waals surface area contributed by atoms with Gasteiger partial charge in [-0.05, 0) is 79.2 Å². The summed E-state index contributed by atoms with van der Waals surface area (Å²) in [5.41, 5.74) is 0.747. The fourth-order valence-corrected chi connectivity index (χ4v) is 2.91. The van der Waals surface area contributed by atoms with Crippen LogP contribution in [0.5, 0.6) is 0 Å². The molecule has 2 rings (SSSR count). The number of likely N-dealkylation sites (tertiary alicyclic amines) is 1. The van der Waals surface area contributed by atoms with E-state index < -0.39 is 0 Å². The SMILES string of the molecule is CC[C@@H](CNC(=O)c1ccc(I)cc1)N1CCCC1. The van der Waals surface area contributed by atoms with E-state index in [1.807, 2.05) is 24.3 Å². The first-order valence-corrected chi connectivity index (χ1v) is 8.06. The average molecular weight is 372 g/mol. The van der Waals surface area contributed by atoms with Crippen molar-refractivity contribution in [3.05, 3.63) is 33.4 Å². The Morgan fingerprint density at radius 1 is 1.32 bits per heavy atom. The minimum absolute atomic E-state index is 0.0362. The molecule has 1 aromatic rings. The first-order valence-electron chi connectivity index (χ1n) is 6.98. The molecule has 0 aromatic heterocycles. The predicted octanol–water partition coefficient (Wildman–Crippen LogP) is 2.90. The van der Waals surface area contributed by atoms with Crippen LogP contribution >= 0.6 is 22.6 Å². The van der Waals surface area contributed by atoms with Crippen LogP contribution in [0.15, 0.2) is 24.3 Å². The van der Waals surface area contributed by atoms with E-state index in [4.69, 9.17) is 0 Å². The van der Waals surface area contributed by atoms with Gasteiger partial charge in [-0.3, -0.25) is 9.69 Å². The number of nitrogens with zero attached hydrogens (tertiary/aromatic N) is 1. The van der Waals surface area contributed by atoms with Crippen LogP contribution in [0.25, 0.3) is 0 Å². The number of carbonyl (C=O) groups is 1. The first kappa shape index (κ1) is 14.8. The summed E-state index contributed by atoms with van der Waals surface area (Å²) in [7, 11) is 0. The van der Waals surface area contributed by atoms with E-state index in [0.29, 0.717) is 6.04 Å². The van der Waals surface area contributed by atoms with Crippen molar-refractivity contribution in [2.24, 2.45) is 0 Å². The number of hydrogen-bond donors (Lipinski definition) is 1. The second-order valence-electron chi connectivity index (χ2n) is 5.02. The Labute approximate surface area is 128 Å². The smallest absolute Gasteiger partial charge is 0.251 e. The summed E-state index contributed by atoms with van der Waals surface area (Å²) in [6.45, 7) is 5.30. The lowest BCUT2D eigenvalue weighted by Gasteiger charge is -2.26. The van der Waals surface area contributed by atoms with Crippen molar-refractivity contribution in [3.63, 3.8) is 0 Å². The summed E-state index contributed by atoms with van der Waals surface area (Å²) in [5, 5.41) is 3.06. The van der Waals surface area contributed by atoms with Crippen LogP contribution in [-0.2, 0) is 0 Å². The molecule has 4 heteroatoms. The molecule has 0 spiro atoms. The normalized spacial score (nSPS) is 17.4. The number of rotatable bonds is 5. The first-order chi connectivity index (χ1) is 9.20. The van der Waals surface area contributed by atoms with Gasteiger partial charge in [0.05, 0.1) is 0 Å². The molecule has 1 atom stereocenters. The monoisotopic (exact) mass is 372 g/mol. The Bertz CT molecular complexity index is 413. The average Bonchev–Trinajstić information content (AvgIpc) is 2.94. The number of benzene rings is 1. The molecule has 1 saturated heterocycles. The molecule has 19 heavy (non-hydrogen) atoms. The van der Waals surface area contributed by atoms with Gasteiger partial charge < -0.3 is 5.32 Å². The van der Waals surface area contributed by atoms with Crippen molar-refractivity contribution in [2.75, 3.05) is 19.6 Å². The Balaban J connectivity index is 1.86. The molecule has 0 radical (unpaired) electrons. The quantitative estimate of drug-likeness (QED) is 0.807. The van der Waals surface area contributed by atoms with Crippen LogP contribution in [0.2, 0.25) is 0 Å². The minimum Gasteiger partial charge on any atom is -0.350 e. The molecule has 1 heterocycles. The van der Waals surface area contributed by atoms with Crippen LogP contribution in [0.3, 0.4) is 0 Å². The van der Waals surface area contributed by atoms with E-state index in [1.165, 1.54) is 25.9 Å². The van der Waals surface area contributed by atoms with E-state index in [-0.39, 0.29) is 5.91 Å². The summed E-state index contributed by atoms with van der Waals surface area (Å²) in [6, 6.07) is 8.18. The summed E-state index contributed by atoms with van der Waals surface area (Å²) < 4.78 is 1.15. The number of halogens is 1. The van der Waals surface area contributed by atoms with Crippen LogP contribution < -0.4 is 5.32 Å². The van der Waals surface area contributed by atoms with Crippen LogP contribution in [0.4, 0.5) is 0 Å². The fraction of sp³-hybridized carbons (Fsp3) is 0.533. The molecule has 1 N–H and O–H groups in total. The highest BCUT2D eigenvalue weighted by molar-refractivity contribution is 14.1. The van der Waals surface area contributed by atoms with Gasteiger partial charge in [0.2, 0.25) is 0 Å². The largest absolute Gasteiger partial charge is 0.350 e. The maximum absolute atomic E-state index is 12.1. The van der Waals surface area contributed by atoms with Crippen molar-refractivity contribution in [2.45, 2.75) is 32.2 Å². The van der Waals surface area contributed by atoms with Crippen molar-refractivity contribution in [1.82, 2.24) is 10.2 Å². The third-order valence-corrected chi connectivity index (χ3v) is 4.45. The highest BCUT2D eigenvalue weighted by atomic mass is 127. The zero-order chi connectivity index (χ0) is 13.7. The van der Waals surface area contributed by atoms with E-state index in [0.717, 1.165) is 22.1 Å². The van der Waals surface area contributed by atoms with Gasteiger partial charge in [0.25, 0.3) is 5.91 Å². The van der Waals surface area contributed by atoms with E-state index in [1.54, 1.807) is 0 Å². The molecule has 0 unspecified atom stereocenters. The lowest BCUT2D eigenvalue weighted by atomic mass is 10.1. The van der Waals surface area contributed by atoms with Gasteiger partial charge in [-0.1, -0.05) is 6.92 Å². The van der Waals surface area contributed by atoms with Crippen LogP contribution in [0.1, 0.15) is 36.5 Å². The van der Waals surface area contributed by atoms with Crippen molar-refractivity contribution in [3.8, 4) is 0 Å². The predicted molar refractivity (Wildman–Crippen MR) is 86.4 cm³/mol. The zero-order valence-electron chi connectivity index (χ0n) is 11.4. The summed E-state index contributed by atoms with van der Waals surface area (Å²) >= 11 is 2.25. The molecular weight excluding hydrogens is 351 g/mol. The summed E-state index contributed by atoms with van der Waals surface area (Å²) in [6.07, 6.45) is 3.68. The van der Waals surface area contributed by atoms with Crippen LogP contribution in [-0.4, -0.2) is 36.5 Å². The highest BCUT2D eigenvalue weighted by Crippen LogP contribution is 2.13. The molecule has 1 aliphatic heterocycles. The van der Waals surface area contributed by atoms with Gasteiger partial charge in [0.1, 0.15) is 0 Å². The second kappa shape index (κ2) is 7.24. The maximum atomic E-state index is 12.1. The van der Waals surface area contributed by atoms with Gasteiger partial charge in [0, 0.05) is 21.7 Å². The molecule has 1 amide bonds. The molecule has 0 bridgehead atoms. The third kappa shape index (κ3) is 4.18. The molecule has 3 nitrogen and oxygen atoms in total. The van der Waals surface area contributed by atoms with Crippen molar-refractivity contribution < 1.29 is 4.79 Å². The van der Waals surface area contributed by atoms with Gasteiger partial charge in [-0.25, -0.2) is 0 Å². The maximum Gasteiger partial charge on any atom is 0.251 e. The lowest BCUT2D eigenvalue weighted by Crippen LogP contribution is -2.42. The van der Waals surface area contributed by atoms with E-state index >= 15 is 0 Å². The minimum atomic E-state index is 0.0362.